The maximum Gasteiger partial charge on any atom is 0.176 e. The van der Waals surface area contributed by atoms with Gasteiger partial charge < -0.3 is 5.32 Å². The van der Waals surface area contributed by atoms with Gasteiger partial charge in [-0.2, -0.15) is 9.49 Å². The summed E-state index contributed by atoms with van der Waals surface area (Å²) < 4.78 is 14.5. The van der Waals surface area contributed by atoms with Gasteiger partial charge in [-0.25, -0.2) is 0 Å². The minimum atomic E-state index is -0.144. The highest BCUT2D eigenvalue weighted by Crippen LogP contribution is 2.18. The zero-order valence-electron chi connectivity index (χ0n) is 8.62. The topological polar surface area (TPSA) is 29.9 Å². The first-order valence-electron chi connectivity index (χ1n) is 4.63. The van der Waals surface area contributed by atoms with Gasteiger partial charge in [-0.15, -0.1) is 11.3 Å². The number of nitrogens with one attached hydrogen (secondary N) is 1. The molecule has 0 spiro atoms. The van der Waals surface area contributed by atoms with E-state index in [9.17, 15) is 4.39 Å². The molecule has 3 nitrogen and oxygen atoms in total. The molecular formula is C10H12FN3S. The molecule has 0 fully saturated rings. The van der Waals surface area contributed by atoms with Crippen molar-refractivity contribution in [2.75, 3.05) is 5.32 Å². The molecule has 0 bridgehead atoms. The first kappa shape index (κ1) is 10.2. The molecule has 1 N–H and O–H groups in total. The summed E-state index contributed by atoms with van der Waals surface area (Å²) in [6, 6.07) is 3.27. The molecule has 2 aromatic rings. The summed E-state index contributed by atoms with van der Waals surface area (Å²) in [4.78, 5) is 0.982. The summed E-state index contributed by atoms with van der Waals surface area (Å²) >= 11 is 1.16. The Morgan fingerprint density at radius 1 is 1.53 bits per heavy atom. The van der Waals surface area contributed by atoms with Crippen LogP contribution in [-0.2, 0) is 13.6 Å². The van der Waals surface area contributed by atoms with Crippen molar-refractivity contribution in [2.24, 2.45) is 7.05 Å². The summed E-state index contributed by atoms with van der Waals surface area (Å²) in [5.74, 6) is 0. The van der Waals surface area contributed by atoms with Crippen molar-refractivity contribution in [3.8, 4) is 0 Å². The van der Waals surface area contributed by atoms with Crippen LogP contribution in [0.25, 0.3) is 0 Å². The van der Waals surface area contributed by atoms with E-state index in [-0.39, 0.29) is 5.13 Å². The molecule has 0 saturated heterocycles. The number of aromatic nitrogens is 2. The Labute approximate surface area is 91.5 Å². The molecule has 15 heavy (non-hydrogen) atoms. The molecular weight excluding hydrogens is 213 g/mol. The molecule has 0 aliphatic heterocycles. The van der Waals surface area contributed by atoms with Crippen LogP contribution >= 0.6 is 11.3 Å². The lowest BCUT2D eigenvalue weighted by Gasteiger charge is -2.03. The average molecular weight is 225 g/mol. The minimum absolute atomic E-state index is 0.144. The van der Waals surface area contributed by atoms with E-state index in [0.717, 1.165) is 27.6 Å². The van der Waals surface area contributed by atoms with Crippen molar-refractivity contribution in [1.82, 2.24) is 9.78 Å². The van der Waals surface area contributed by atoms with Crippen molar-refractivity contribution in [2.45, 2.75) is 13.5 Å². The van der Waals surface area contributed by atoms with Crippen LogP contribution in [0.15, 0.2) is 18.3 Å². The highest BCUT2D eigenvalue weighted by atomic mass is 32.1. The van der Waals surface area contributed by atoms with Crippen molar-refractivity contribution >= 4 is 17.0 Å². The van der Waals surface area contributed by atoms with Crippen LogP contribution in [0.3, 0.4) is 0 Å². The standard InChI is InChI=1S/C10H12FN3S/c1-7-9(6-13-14(7)2)12-5-8-3-4-10(11)15-8/h3-4,6,12H,5H2,1-2H3. The first-order valence-corrected chi connectivity index (χ1v) is 5.45. The number of halogens is 1. The van der Waals surface area contributed by atoms with Crippen molar-refractivity contribution in [3.63, 3.8) is 0 Å². The van der Waals surface area contributed by atoms with Gasteiger partial charge in [-0.3, -0.25) is 4.68 Å². The van der Waals surface area contributed by atoms with E-state index in [0.29, 0.717) is 6.54 Å². The smallest absolute Gasteiger partial charge is 0.176 e. The molecule has 5 heteroatoms. The van der Waals surface area contributed by atoms with Crippen molar-refractivity contribution in [3.05, 3.63) is 34.0 Å². The maximum atomic E-state index is 12.7. The van der Waals surface area contributed by atoms with Crippen LogP contribution in [0.1, 0.15) is 10.6 Å². The monoisotopic (exact) mass is 225 g/mol. The molecule has 0 aliphatic carbocycles. The maximum absolute atomic E-state index is 12.7. The van der Waals surface area contributed by atoms with Crippen LogP contribution in [-0.4, -0.2) is 9.78 Å². The third-order valence-corrected chi connectivity index (χ3v) is 3.19. The quantitative estimate of drug-likeness (QED) is 0.870. The van der Waals surface area contributed by atoms with Crippen LogP contribution < -0.4 is 5.32 Å². The molecule has 2 aromatic heterocycles. The van der Waals surface area contributed by atoms with E-state index in [1.807, 2.05) is 14.0 Å². The molecule has 0 aromatic carbocycles. The zero-order chi connectivity index (χ0) is 10.8. The van der Waals surface area contributed by atoms with E-state index in [1.54, 1.807) is 16.9 Å². The lowest BCUT2D eigenvalue weighted by atomic mass is 10.4. The highest BCUT2D eigenvalue weighted by Gasteiger charge is 2.04. The first-order chi connectivity index (χ1) is 7.16. The van der Waals surface area contributed by atoms with Crippen LogP contribution in [0.4, 0.5) is 10.1 Å². The largest absolute Gasteiger partial charge is 0.377 e. The third-order valence-electron chi connectivity index (χ3n) is 2.32. The van der Waals surface area contributed by atoms with E-state index >= 15 is 0 Å². The fraction of sp³-hybridized carbons (Fsp3) is 0.300. The number of nitrogens with zero attached hydrogens (tertiary/aromatic N) is 2. The van der Waals surface area contributed by atoms with Gasteiger partial charge in [0, 0.05) is 18.5 Å². The van der Waals surface area contributed by atoms with Gasteiger partial charge in [0.1, 0.15) is 0 Å². The molecule has 0 aliphatic rings. The lowest BCUT2D eigenvalue weighted by molar-refractivity contribution is 0.657. The van der Waals surface area contributed by atoms with Gasteiger partial charge in [0.05, 0.1) is 17.6 Å². The minimum Gasteiger partial charge on any atom is -0.377 e. The van der Waals surface area contributed by atoms with Crippen LogP contribution in [0.2, 0.25) is 0 Å². The summed E-state index contributed by atoms with van der Waals surface area (Å²) in [6.07, 6.45) is 1.78. The zero-order valence-corrected chi connectivity index (χ0v) is 9.44. The number of hydrogen-bond acceptors (Lipinski definition) is 3. The number of aryl methyl sites for hydroxylation is 1. The highest BCUT2D eigenvalue weighted by molar-refractivity contribution is 7.10. The normalized spacial score (nSPS) is 10.6. The van der Waals surface area contributed by atoms with Gasteiger partial charge in [0.2, 0.25) is 0 Å². The molecule has 0 saturated carbocycles. The Morgan fingerprint density at radius 2 is 2.33 bits per heavy atom. The van der Waals surface area contributed by atoms with Gasteiger partial charge in [0.15, 0.2) is 5.13 Å². The predicted molar refractivity (Wildman–Crippen MR) is 59.5 cm³/mol. The molecule has 0 radical (unpaired) electrons. The Morgan fingerprint density at radius 3 is 2.87 bits per heavy atom. The van der Waals surface area contributed by atoms with Crippen LogP contribution in [0.5, 0.6) is 0 Å². The average Bonchev–Trinajstić information content (AvgIpc) is 2.74. The summed E-state index contributed by atoms with van der Waals surface area (Å²) in [5, 5.41) is 7.20. The third kappa shape index (κ3) is 2.18. The van der Waals surface area contributed by atoms with Gasteiger partial charge >= 0.3 is 0 Å². The fourth-order valence-electron chi connectivity index (χ4n) is 1.30. The molecule has 2 heterocycles. The summed E-state index contributed by atoms with van der Waals surface area (Å²) in [7, 11) is 1.89. The Kier molecular flexibility index (Phi) is 2.73. The SMILES string of the molecule is Cc1c(NCc2ccc(F)s2)cnn1C. The number of anilines is 1. The van der Waals surface area contributed by atoms with Crippen molar-refractivity contribution in [1.29, 1.82) is 0 Å². The van der Waals surface area contributed by atoms with Crippen LogP contribution in [0, 0.1) is 12.1 Å². The molecule has 0 unspecified atom stereocenters. The Hall–Kier alpha value is -1.36. The molecule has 80 valence electrons. The number of rotatable bonds is 3. The fourth-order valence-corrected chi connectivity index (χ4v) is 1.97. The number of thiophene rings is 1. The van der Waals surface area contributed by atoms with Gasteiger partial charge in [-0.05, 0) is 19.1 Å². The predicted octanol–water partition coefficient (Wildman–Crippen LogP) is 2.54. The molecule has 0 atom stereocenters. The Bertz CT molecular complexity index is 461. The second-order valence-corrected chi connectivity index (χ2v) is 4.45. The molecule has 2 rings (SSSR count). The van der Waals surface area contributed by atoms with Gasteiger partial charge in [-0.1, -0.05) is 0 Å². The van der Waals surface area contributed by atoms with E-state index < -0.39 is 0 Å². The number of hydrogen-bond donors (Lipinski definition) is 1. The lowest BCUT2D eigenvalue weighted by Crippen LogP contribution is -1.99. The van der Waals surface area contributed by atoms with E-state index in [2.05, 4.69) is 10.4 Å². The van der Waals surface area contributed by atoms with E-state index in [4.69, 9.17) is 0 Å². The Balaban J connectivity index is 2.02. The summed E-state index contributed by atoms with van der Waals surface area (Å²) in [6.45, 7) is 2.63. The second-order valence-electron chi connectivity index (χ2n) is 3.33. The van der Waals surface area contributed by atoms with Gasteiger partial charge in [0.25, 0.3) is 0 Å². The second kappa shape index (κ2) is 4.02. The van der Waals surface area contributed by atoms with Crippen molar-refractivity contribution < 1.29 is 4.39 Å². The molecule has 0 amide bonds. The summed E-state index contributed by atoms with van der Waals surface area (Å²) in [5.41, 5.74) is 2.07. The van der Waals surface area contributed by atoms with E-state index in [1.165, 1.54) is 6.07 Å².